The second kappa shape index (κ2) is 103. The Morgan fingerprint density at radius 3 is 0.643 bits per heavy atom. The van der Waals surface area contributed by atoms with E-state index in [1.807, 2.05) is 0 Å². The topological polar surface area (TPSA) is 284 Å². The third-order valence-electron chi connectivity index (χ3n) is 0. The van der Waals surface area contributed by atoms with Gasteiger partial charge >= 0.3 is 88.7 Å². The Balaban J connectivity index is -0.000000001000. The van der Waals surface area contributed by atoms with Crippen LogP contribution in [0.4, 0.5) is 0 Å². The Hall–Kier alpha value is 2.79. The van der Waals surface area contributed by atoms with Gasteiger partial charge in [-0.2, -0.15) is 0 Å². The fourth-order valence-corrected chi connectivity index (χ4v) is 0. The summed E-state index contributed by atoms with van der Waals surface area (Å²) >= 11 is -3.11. The van der Waals surface area contributed by atoms with E-state index >= 15 is 0 Å². The standard InChI is InChI=1S/3Na.H2O3S.7H2O.H/c;;;1-4(2)3;;;;;;;;/h;;;(H2,1,2,3);7*1H2;/q;2*+1;;;;;;;;;/p-2. The van der Waals surface area contributed by atoms with Gasteiger partial charge < -0.3 is 47.4 Å². The zero-order chi connectivity index (χ0) is 3.58. The van der Waals surface area contributed by atoms with Gasteiger partial charge in [-0.25, -0.2) is 0 Å². The first-order chi connectivity index (χ1) is 1.73. The van der Waals surface area contributed by atoms with E-state index in [0.29, 0.717) is 0 Å². The molecule has 10 nitrogen and oxygen atoms in total. The van der Waals surface area contributed by atoms with E-state index in [1.54, 1.807) is 0 Å². The van der Waals surface area contributed by atoms with Crippen molar-refractivity contribution in [1.29, 1.82) is 0 Å². The van der Waals surface area contributed by atoms with Gasteiger partial charge in [0.25, 0.3) is 0 Å². The molecule has 0 aliphatic heterocycles. The second-order valence-corrected chi connectivity index (χ2v) is 0.612. The normalized spacial score (nSPS) is 2.50. The summed E-state index contributed by atoms with van der Waals surface area (Å²) in [6, 6.07) is 0. The predicted molar refractivity (Wildman–Crippen MR) is 42.1 cm³/mol. The van der Waals surface area contributed by atoms with Crippen molar-refractivity contribution in [1.82, 2.24) is 0 Å². The van der Waals surface area contributed by atoms with Crippen molar-refractivity contribution in [2.24, 2.45) is 0 Å². The van der Waals surface area contributed by atoms with Crippen LogP contribution >= 0.6 is 0 Å². The molecule has 14 heteroatoms. The van der Waals surface area contributed by atoms with Crippen molar-refractivity contribution >= 4 is 40.9 Å². The SMILES string of the molecule is O.O.O.O.O.O.O.O=S([O-])[O-].[Na+].[Na+].[NaH]. The fraction of sp³-hybridized carbons (Fsp3) is 0. The van der Waals surface area contributed by atoms with E-state index in [4.69, 9.17) is 13.3 Å². The summed E-state index contributed by atoms with van der Waals surface area (Å²) in [5, 5.41) is 0. The molecule has 14 heavy (non-hydrogen) atoms. The Morgan fingerprint density at radius 2 is 0.643 bits per heavy atom. The van der Waals surface area contributed by atoms with Crippen LogP contribution in [-0.4, -0.2) is 81.2 Å². The van der Waals surface area contributed by atoms with Crippen LogP contribution in [-0.2, 0) is 11.4 Å². The van der Waals surface area contributed by atoms with Gasteiger partial charge in [0, 0.05) is 0 Å². The first kappa shape index (κ1) is 125. The summed E-state index contributed by atoms with van der Waals surface area (Å²) in [4.78, 5) is 0. The first-order valence-corrected chi connectivity index (χ1v) is 1.50. The van der Waals surface area contributed by atoms with Crippen LogP contribution in [0, 0.1) is 0 Å². The summed E-state index contributed by atoms with van der Waals surface area (Å²) in [6.45, 7) is 0. The summed E-state index contributed by atoms with van der Waals surface area (Å²) in [5.41, 5.74) is 0. The third-order valence-corrected chi connectivity index (χ3v) is 0. The molecule has 84 valence electrons. The van der Waals surface area contributed by atoms with Gasteiger partial charge in [-0.05, 0) is 0 Å². The maximum atomic E-state index is 8.44. The van der Waals surface area contributed by atoms with E-state index < -0.39 is 11.4 Å². The van der Waals surface area contributed by atoms with Gasteiger partial charge in [0.05, 0.1) is 0 Å². The number of rotatable bonds is 0. The second-order valence-electron chi connectivity index (χ2n) is 0.204. The summed E-state index contributed by atoms with van der Waals surface area (Å²) in [5.74, 6) is 0. The molecule has 0 rings (SSSR count). The molecule has 0 aromatic heterocycles. The summed E-state index contributed by atoms with van der Waals surface area (Å²) in [6.07, 6.45) is 0. The van der Waals surface area contributed by atoms with Crippen molar-refractivity contribution in [3.63, 3.8) is 0 Å². The van der Waals surface area contributed by atoms with Crippen molar-refractivity contribution in [3.05, 3.63) is 0 Å². The fourth-order valence-electron chi connectivity index (χ4n) is 0. The van der Waals surface area contributed by atoms with Gasteiger partial charge in [-0.3, -0.25) is 4.21 Å². The van der Waals surface area contributed by atoms with Crippen molar-refractivity contribution in [3.8, 4) is 0 Å². The van der Waals surface area contributed by atoms with Crippen LogP contribution in [0.25, 0.3) is 0 Å². The van der Waals surface area contributed by atoms with Gasteiger partial charge in [-0.1, -0.05) is 0 Å². The molecule has 0 radical (unpaired) electrons. The van der Waals surface area contributed by atoms with E-state index in [-0.39, 0.29) is 127 Å². The zero-order valence-electron chi connectivity index (χ0n) is 7.13. The Labute approximate surface area is 149 Å². The molecule has 0 aromatic carbocycles. The molecule has 14 N–H and O–H groups in total. The van der Waals surface area contributed by atoms with E-state index in [2.05, 4.69) is 0 Å². The molecule has 0 heterocycles. The molecule has 0 aliphatic carbocycles. The molecule has 0 bridgehead atoms. The average molecular weight is 276 g/mol. The molecular formula is H15Na3O10S. The quantitative estimate of drug-likeness (QED) is 0.307. The van der Waals surface area contributed by atoms with E-state index in [9.17, 15) is 0 Å². The van der Waals surface area contributed by atoms with Crippen LogP contribution in [0.5, 0.6) is 0 Å². The van der Waals surface area contributed by atoms with Crippen LogP contribution in [0.2, 0.25) is 0 Å². The van der Waals surface area contributed by atoms with Gasteiger partial charge in [0.1, 0.15) is 0 Å². The van der Waals surface area contributed by atoms with Gasteiger partial charge in [0.15, 0.2) is 0 Å². The van der Waals surface area contributed by atoms with Crippen LogP contribution in [0.1, 0.15) is 0 Å². The molecule has 0 fully saturated rings. The Morgan fingerprint density at radius 1 is 0.643 bits per heavy atom. The number of hydrogen-bond donors (Lipinski definition) is 0. The van der Waals surface area contributed by atoms with E-state index in [0.717, 1.165) is 0 Å². The summed E-state index contributed by atoms with van der Waals surface area (Å²) in [7, 11) is 0. The molecule has 0 atom stereocenters. The Kier molecular flexibility index (Phi) is 919. The minimum absolute atomic E-state index is 0. The molecule has 0 spiro atoms. The number of hydrogen-bond acceptors (Lipinski definition) is 3. The van der Waals surface area contributed by atoms with Crippen molar-refractivity contribution < 1.29 is 111 Å². The molecule has 0 saturated heterocycles. The first-order valence-electron chi connectivity index (χ1n) is 0.500. The average Bonchev–Trinajstić information content (AvgIpc) is 0.811. The summed E-state index contributed by atoms with van der Waals surface area (Å²) < 4.78 is 25.3. The monoisotopic (exact) mass is 276 g/mol. The predicted octanol–water partition coefficient (Wildman–Crippen LogP) is -13.4. The molecule has 0 unspecified atom stereocenters. The van der Waals surface area contributed by atoms with E-state index in [1.165, 1.54) is 0 Å². The minimum atomic E-state index is -3.11. The van der Waals surface area contributed by atoms with Gasteiger partial charge in [-0.15, -0.1) is 11.4 Å². The van der Waals surface area contributed by atoms with Crippen molar-refractivity contribution in [2.45, 2.75) is 0 Å². The molecule has 0 aliphatic rings. The Bertz CT molecular complexity index is 38.3. The molecule has 0 aromatic rings. The third kappa shape index (κ3) is 361. The maximum absolute atomic E-state index is 8.44. The van der Waals surface area contributed by atoms with Crippen molar-refractivity contribution in [2.75, 3.05) is 0 Å². The van der Waals surface area contributed by atoms with Crippen LogP contribution in [0.3, 0.4) is 0 Å². The van der Waals surface area contributed by atoms with Crippen LogP contribution in [0.15, 0.2) is 0 Å². The molecule has 0 saturated carbocycles. The zero-order valence-corrected chi connectivity index (χ0v) is 11.9. The van der Waals surface area contributed by atoms with Gasteiger partial charge in [0.2, 0.25) is 0 Å². The van der Waals surface area contributed by atoms with Crippen LogP contribution < -0.4 is 59.1 Å². The molecule has 0 amide bonds. The molecular weight excluding hydrogens is 261 g/mol.